The number of anilines is 1. The van der Waals surface area contributed by atoms with Crippen LogP contribution >= 0.6 is 0 Å². The number of hydrogen-bond acceptors (Lipinski definition) is 4. The first-order valence-corrected chi connectivity index (χ1v) is 12.3. The van der Waals surface area contributed by atoms with E-state index in [1.54, 1.807) is 11.8 Å². The Bertz CT molecular complexity index is 1180. The molecule has 0 radical (unpaired) electrons. The molecule has 7 nitrogen and oxygen atoms in total. The van der Waals surface area contributed by atoms with E-state index in [0.717, 1.165) is 22.4 Å². The molecule has 2 aromatic carbocycles. The molecule has 0 saturated heterocycles. The second kappa shape index (κ2) is 12.7. The van der Waals surface area contributed by atoms with E-state index in [-0.39, 0.29) is 30.1 Å². The van der Waals surface area contributed by atoms with E-state index in [9.17, 15) is 19.2 Å². The van der Waals surface area contributed by atoms with Crippen LogP contribution in [0, 0.1) is 17.8 Å². The Morgan fingerprint density at radius 1 is 0.917 bits per heavy atom. The van der Waals surface area contributed by atoms with E-state index in [2.05, 4.69) is 22.5 Å². The third kappa shape index (κ3) is 7.05. The Morgan fingerprint density at radius 2 is 1.56 bits per heavy atom. The molecule has 188 valence electrons. The van der Waals surface area contributed by atoms with Crippen LogP contribution in [0.15, 0.2) is 48.5 Å². The highest BCUT2D eigenvalue weighted by atomic mass is 16.2. The molecule has 36 heavy (non-hydrogen) atoms. The summed E-state index contributed by atoms with van der Waals surface area (Å²) in [6.45, 7) is 5.68. The number of carbonyl (C=O) groups excluding carboxylic acids is 4. The van der Waals surface area contributed by atoms with Crippen molar-refractivity contribution in [2.75, 3.05) is 4.90 Å². The average Bonchev–Trinajstić information content (AvgIpc) is 2.86. The number of nitrogens with zero attached hydrogens (tertiary/aromatic N) is 1. The molecule has 1 heterocycles. The maximum atomic E-state index is 13.3. The normalized spacial score (nSPS) is 13.6. The van der Waals surface area contributed by atoms with Gasteiger partial charge in [0.25, 0.3) is 0 Å². The van der Waals surface area contributed by atoms with Crippen molar-refractivity contribution < 1.29 is 19.2 Å². The number of fused-ring (bicyclic) bond motifs is 2. The molecular formula is C29H33N3O4. The largest absolute Gasteiger partial charge is 0.345 e. The van der Waals surface area contributed by atoms with Crippen molar-refractivity contribution in [3.8, 4) is 11.8 Å². The Kier molecular flexibility index (Phi) is 9.40. The number of benzene rings is 2. The van der Waals surface area contributed by atoms with Gasteiger partial charge < -0.3 is 20.3 Å². The number of para-hydroxylation sites is 1. The number of amides is 3. The molecule has 0 aliphatic carbocycles. The second-order valence-electron chi connectivity index (χ2n) is 9.33. The van der Waals surface area contributed by atoms with Gasteiger partial charge in [0.1, 0.15) is 12.3 Å². The lowest BCUT2D eigenvalue weighted by molar-refractivity contribution is -0.131. The van der Waals surface area contributed by atoms with Gasteiger partial charge in [-0.15, -0.1) is 0 Å². The Hall–Kier alpha value is -3.92. The van der Waals surface area contributed by atoms with Crippen LogP contribution in [0.4, 0.5) is 5.69 Å². The second-order valence-corrected chi connectivity index (χ2v) is 9.33. The van der Waals surface area contributed by atoms with Crippen LogP contribution in [0.25, 0.3) is 0 Å². The van der Waals surface area contributed by atoms with Crippen molar-refractivity contribution in [3.05, 3.63) is 65.2 Å². The summed E-state index contributed by atoms with van der Waals surface area (Å²) in [4.78, 5) is 50.7. The monoisotopic (exact) mass is 487 g/mol. The van der Waals surface area contributed by atoms with E-state index in [1.165, 1.54) is 0 Å². The SMILES string of the molecule is CC(C)C(NC(=O)CCCCC(=O)N1Cc2ccccc2C#Cc2ccccc21)C(=O)N[C@@H](C)C=O. The Labute approximate surface area is 212 Å². The molecule has 0 fully saturated rings. The van der Waals surface area contributed by atoms with Crippen molar-refractivity contribution in [1.29, 1.82) is 0 Å². The average molecular weight is 488 g/mol. The summed E-state index contributed by atoms with van der Waals surface area (Å²) in [5, 5.41) is 5.34. The van der Waals surface area contributed by atoms with Gasteiger partial charge in [-0.2, -0.15) is 0 Å². The topological polar surface area (TPSA) is 95.6 Å². The van der Waals surface area contributed by atoms with Gasteiger partial charge in [-0.05, 0) is 49.4 Å². The van der Waals surface area contributed by atoms with Gasteiger partial charge >= 0.3 is 0 Å². The zero-order valence-electron chi connectivity index (χ0n) is 21.0. The van der Waals surface area contributed by atoms with Crippen LogP contribution in [-0.2, 0) is 25.7 Å². The summed E-state index contributed by atoms with van der Waals surface area (Å²) in [6, 6.07) is 14.1. The molecule has 3 amide bonds. The summed E-state index contributed by atoms with van der Waals surface area (Å²) in [6.07, 6.45) is 2.20. The standard InChI is InChI=1S/C29H33N3O4/c1-20(2)28(29(36)30-21(3)19-33)31-26(34)14-8-9-15-27(35)32-18-24-12-5-4-10-22(24)16-17-23-11-6-7-13-25(23)32/h4-7,10-13,19-21,28H,8-9,14-15,18H2,1-3H3,(H,30,36)(H,31,34)/t21-,28?/m0/s1. The molecular weight excluding hydrogens is 454 g/mol. The first-order valence-electron chi connectivity index (χ1n) is 12.3. The Morgan fingerprint density at radius 3 is 2.28 bits per heavy atom. The summed E-state index contributed by atoms with van der Waals surface area (Å²) < 4.78 is 0. The predicted molar refractivity (Wildman–Crippen MR) is 139 cm³/mol. The van der Waals surface area contributed by atoms with E-state index >= 15 is 0 Å². The van der Waals surface area contributed by atoms with Gasteiger partial charge in [-0.25, -0.2) is 0 Å². The van der Waals surface area contributed by atoms with Crippen LogP contribution in [0.2, 0.25) is 0 Å². The van der Waals surface area contributed by atoms with E-state index in [4.69, 9.17) is 0 Å². The Balaban J connectivity index is 1.57. The quantitative estimate of drug-likeness (QED) is 0.305. The summed E-state index contributed by atoms with van der Waals surface area (Å²) in [5.41, 5.74) is 3.50. The van der Waals surface area contributed by atoms with Gasteiger partial charge in [0.15, 0.2) is 0 Å². The molecule has 0 spiro atoms. The molecule has 1 aliphatic heterocycles. The van der Waals surface area contributed by atoms with Gasteiger partial charge in [0.05, 0.1) is 18.3 Å². The van der Waals surface area contributed by atoms with Crippen LogP contribution in [0.1, 0.15) is 63.1 Å². The maximum absolute atomic E-state index is 13.3. The van der Waals surface area contributed by atoms with Gasteiger partial charge in [0.2, 0.25) is 17.7 Å². The third-order valence-corrected chi connectivity index (χ3v) is 6.06. The minimum atomic E-state index is -0.722. The fourth-order valence-electron chi connectivity index (χ4n) is 4.03. The van der Waals surface area contributed by atoms with Crippen molar-refractivity contribution >= 4 is 29.7 Å². The van der Waals surface area contributed by atoms with Crippen LogP contribution in [0.3, 0.4) is 0 Å². The lowest BCUT2D eigenvalue weighted by Gasteiger charge is -2.26. The number of nitrogens with one attached hydrogen (secondary N) is 2. The number of rotatable bonds is 10. The van der Waals surface area contributed by atoms with E-state index in [0.29, 0.717) is 32.1 Å². The molecule has 1 aliphatic rings. The zero-order chi connectivity index (χ0) is 26.1. The van der Waals surface area contributed by atoms with Gasteiger partial charge in [-0.1, -0.05) is 56.0 Å². The van der Waals surface area contributed by atoms with Crippen molar-refractivity contribution in [2.45, 2.75) is 65.1 Å². The third-order valence-electron chi connectivity index (χ3n) is 6.06. The summed E-state index contributed by atoms with van der Waals surface area (Å²) >= 11 is 0. The molecule has 7 heteroatoms. The van der Waals surface area contributed by atoms with Crippen molar-refractivity contribution in [1.82, 2.24) is 10.6 Å². The fraction of sp³-hybridized carbons (Fsp3) is 0.379. The van der Waals surface area contributed by atoms with Gasteiger partial charge in [-0.3, -0.25) is 14.4 Å². The molecule has 0 bridgehead atoms. The highest BCUT2D eigenvalue weighted by molar-refractivity contribution is 5.95. The first kappa shape index (κ1) is 26.7. The minimum absolute atomic E-state index is 0.0244. The van der Waals surface area contributed by atoms with E-state index < -0.39 is 12.1 Å². The van der Waals surface area contributed by atoms with Gasteiger partial charge in [0, 0.05) is 24.0 Å². The van der Waals surface area contributed by atoms with Crippen LogP contribution in [0.5, 0.6) is 0 Å². The highest BCUT2D eigenvalue weighted by Crippen LogP contribution is 2.26. The molecule has 0 saturated carbocycles. The molecule has 2 atom stereocenters. The van der Waals surface area contributed by atoms with E-state index in [1.807, 2.05) is 62.4 Å². The lowest BCUT2D eigenvalue weighted by Crippen LogP contribution is -2.51. The first-order chi connectivity index (χ1) is 17.3. The van der Waals surface area contributed by atoms with Crippen molar-refractivity contribution in [2.24, 2.45) is 5.92 Å². The zero-order valence-corrected chi connectivity index (χ0v) is 21.0. The highest BCUT2D eigenvalue weighted by Gasteiger charge is 2.25. The minimum Gasteiger partial charge on any atom is -0.345 e. The fourth-order valence-corrected chi connectivity index (χ4v) is 4.03. The molecule has 2 aromatic rings. The molecule has 3 rings (SSSR count). The molecule has 0 aromatic heterocycles. The van der Waals surface area contributed by atoms with Crippen LogP contribution in [-0.4, -0.2) is 36.1 Å². The molecule has 1 unspecified atom stereocenters. The number of carbonyl (C=O) groups is 4. The number of aldehydes is 1. The van der Waals surface area contributed by atoms with Crippen LogP contribution < -0.4 is 15.5 Å². The number of unbranched alkanes of at least 4 members (excludes halogenated alkanes) is 1. The maximum Gasteiger partial charge on any atom is 0.243 e. The summed E-state index contributed by atoms with van der Waals surface area (Å²) in [5.74, 6) is 5.61. The molecule has 2 N–H and O–H groups in total. The van der Waals surface area contributed by atoms with Crippen molar-refractivity contribution in [3.63, 3.8) is 0 Å². The number of hydrogen-bond donors (Lipinski definition) is 2. The lowest BCUT2D eigenvalue weighted by atomic mass is 10.0. The summed E-state index contributed by atoms with van der Waals surface area (Å²) in [7, 11) is 0. The smallest absolute Gasteiger partial charge is 0.243 e. The predicted octanol–water partition coefficient (Wildman–Crippen LogP) is 3.34.